The minimum atomic E-state index is -1.66. The van der Waals surface area contributed by atoms with E-state index in [9.17, 15) is 35.1 Å². The molecule has 11 nitrogen and oxygen atoms in total. The van der Waals surface area contributed by atoms with E-state index in [1.165, 1.54) is 24.3 Å². The number of carbonyl (C=O) groups excluding carboxylic acids is 2. The normalized spacial score (nSPS) is 31.4. The molecule has 196 valence electrons. The molecule has 5 N–H and O–H groups in total. The molecule has 2 fully saturated rings. The van der Waals surface area contributed by atoms with Crippen molar-refractivity contribution in [2.75, 3.05) is 13.2 Å². The van der Waals surface area contributed by atoms with Crippen molar-refractivity contribution in [1.29, 1.82) is 0 Å². The Bertz CT molecular complexity index is 1010. The van der Waals surface area contributed by atoms with Gasteiger partial charge in [-0.2, -0.15) is 0 Å². The second kappa shape index (κ2) is 12.3. The lowest BCUT2D eigenvalue weighted by molar-refractivity contribution is -0.299. The highest BCUT2D eigenvalue weighted by atomic mass is 16.7. The summed E-state index contributed by atoms with van der Waals surface area (Å²) >= 11 is 0. The fourth-order valence-corrected chi connectivity index (χ4v) is 3.60. The molecule has 7 atom stereocenters. The summed E-state index contributed by atoms with van der Waals surface area (Å²) < 4.78 is 21.1. The minimum Gasteiger partial charge on any atom is -0.508 e. The SMILES string of the molecule is CC(C)=C[C@H]1OC(=O)/C(=C\CO[C@H]2O[C@@H](COC(=O)/C=C/c3ccc(O)cc3)[C@H](O)[C@@H](O)[C@@H]2O)[C@@H]1O. The molecule has 0 aromatic heterocycles. The van der Waals surface area contributed by atoms with Crippen molar-refractivity contribution in [3.8, 4) is 5.75 Å². The number of aliphatic hydroxyl groups is 4. The van der Waals surface area contributed by atoms with E-state index in [4.69, 9.17) is 18.9 Å². The van der Waals surface area contributed by atoms with Gasteiger partial charge in [-0.3, -0.25) is 0 Å². The summed E-state index contributed by atoms with van der Waals surface area (Å²) in [6, 6.07) is 6.10. The zero-order chi connectivity index (χ0) is 26.4. The Labute approximate surface area is 207 Å². The number of allylic oxidation sites excluding steroid dienone is 1. The molecule has 0 bridgehead atoms. The first-order chi connectivity index (χ1) is 17.1. The molecule has 1 aromatic rings. The van der Waals surface area contributed by atoms with Gasteiger partial charge in [-0.25, -0.2) is 9.59 Å². The van der Waals surface area contributed by atoms with Gasteiger partial charge in [0.1, 0.15) is 42.9 Å². The van der Waals surface area contributed by atoms with Gasteiger partial charge in [-0.1, -0.05) is 17.7 Å². The Hall–Kier alpha value is -3.06. The summed E-state index contributed by atoms with van der Waals surface area (Å²) in [7, 11) is 0. The number of aromatic hydroxyl groups is 1. The summed E-state index contributed by atoms with van der Waals surface area (Å²) in [5.41, 5.74) is 1.48. The second-order valence-electron chi connectivity index (χ2n) is 8.62. The number of ether oxygens (including phenoxy) is 4. The molecule has 0 aliphatic carbocycles. The van der Waals surface area contributed by atoms with Crippen LogP contribution in [0.15, 0.2) is 53.6 Å². The Morgan fingerprint density at radius 1 is 1.06 bits per heavy atom. The van der Waals surface area contributed by atoms with Gasteiger partial charge in [0.15, 0.2) is 12.4 Å². The van der Waals surface area contributed by atoms with E-state index in [2.05, 4.69) is 0 Å². The molecule has 0 saturated carbocycles. The van der Waals surface area contributed by atoms with Crippen LogP contribution in [-0.4, -0.2) is 93.6 Å². The van der Waals surface area contributed by atoms with Crippen molar-refractivity contribution in [3.63, 3.8) is 0 Å². The summed E-state index contributed by atoms with van der Waals surface area (Å²) in [4.78, 5) is 24.0. The molecule has 0 radical (unpaired) electrons. The average Bonchev–Trinajstić information content (AvgIpc) is 3.09. The van der Waals surface area contributed by atoms with Crippen LogP contribution >= 0.6 is 0 Å². The Balaban J connectivity index is 1.55. The highest BCUT2D eigenvalue weighted by Crippen LogP contribution is 2.25. The van der Waals surface area contributed by atoms with Crippen molar-refractivity contribution in [2.45, 2.75) is 56.8 Å². The summed E-state index contributed by atoms with van der Waals surface area (Å²) in [5.74, 6) is -1.38. The lowest BCUT2D eigenvalue weighted by Gasteiger charge is -2.39. The van der Waals surface area contributed by atoms with Crippen molar-refractivity contribution in [1.82, 2.24) is 0 Å². The van der Waals surface area contributed by atoms with Gasteiger partial charge in [0.2, 0.25) is 0 Å². The van der Waals surface area contributed by atoms with Crippen LogP contribution in [0.25, 0.3) is 6.08 Å². The van der Waals surface area contributed by atoms with Gasteiger partial charge < -0.3 is 44.5 Å². The highest BCUT2D eigenvalue weighted by molar-refractivity contribution is 5.92. The summed E-state index contributed by atoms with van der Waals surface area (Å²) in [5, 5.41) is 50.2. The number of aliphatic hydroxyl groups excluding tert-OH is 4. The molecular formula is C25H30O11. The first-order valence-corrected chi connectivity index (χ1v) is 11.3. The zero-order valence-corrected chi connectivity index (χ0v) is 19.8. The van der Waals surface area contributed by atoms with Crippen molar-refractivity contribution in [3.05, 3.63) is 59.2 Å². The first-order valence-electron chi connectivity index (χ1n) is 11.3. The molecule has 2 aliphatic rings. The molecule has 0 unspecified atom stereocenters. The molecule has 36 heavy (non-hydrogen) atoms. The number of cyclic esters (lactones) is 1. The number of hydrogen-bond donors (Lipinski definition) is 5. The quantitative estimate of drug-likeness (QED) is 0.182. The van der Waals surface area contributed by atoms with Crippen LogP contribution in [0, 0.1) is 0 Å². The maximum atomic E-state index is 12.0. The Morgan fingerprint density at radius 2 is 1.75 bits per heavy atom. The van der Waals surface area contributed by atoms with Crippen LogP contribution < -0.4 is 0 Å². The standard InChI is InChI=1S/C25H30O11/c1-13(2)11-17-20(28)16(24(32)35-17)9-10-33-25-23(31)22(30)21(29)18(36-25)12-34-19(27)8-5-14-3-6-15(26)7-4-14/h3-9,11,17-18,20-23,25-26,28-31H,10,12H2,1-2H3/b8-5+,16-9-/t17-,18+,20+,21+,22-,23+,25+/m1/s1. The van der Waals surface area contributed by atoms with Gasteiger partial charge in [-0.15, -0.1) is 0 Å². The number of phenolic OH excluding ortho intramolecular Hbond substituents is 1. The maximum Gasteiger partial charge on any atom is 0.337 e. The lowest BCUT2D eigenvalue weighted by Crippen LogP contribution is -2.59. The molecule has 0 spiro atoms. The van der Waals surface area contributed by atoms with Crippen LogP contribution in [0.5, 0.6) is 5.75 Å². The highest BCUT2D eigenvalue weighted by Gasteiger charge is 2.45. The van der Waals surface area contributed by atoms with E-state index < -0.39 is 61.5 Å². The predicted molar refractivity (Wildman–Crippen MR) is 124 cm³/mol. The number of esters is 2. The van der Waals surface area contributed by atoms with Gasteiger partial charge in [0, 0.05) is 6.08 Å². The molecule has 1 aromatic carbocycles. The van der Waals surface area contributed by atoms with Gasteiger partial charge in [0.05, 0.1) is 12.2 Å². The predicted octanol–water partition coefficient (Wildman–Crippen LogP) is -0.0483. The average molecular weight is 507 g/mol. The third-order valence-electron chi connectivity index (χ3n) is 5.53. The largest absolute Gasteiger partial charge is 0.508 e. The Morgan fingerprint density at radius 3 is 2.42 bits per heavy atom. The number of rotatable bonds is 8. The van der Waals surface area contributed by atoms with Crippen molar-refractivity contribution in [2.24, 2.45) is 0 Å². The minimum absolute atomic E-state index is 0.0192. The molecular weight excluding hydrogens is 476 g/mol. The van der Waals surface area contributed by atoms with Crippen molar-refractivity contribution >= 4 is 18.0 Å². The molecule has 2 heterocycles. The maximum absolute atomic E-state index is 12.0. The van der Waals surface area contributed by atoms with E-state index in [0.717, 1.165) is 11.6 Å². The molecule has 0 amide bonds. The van der Waals surface area contributed by atoms with E-state index in [-0.39, 0.29) is 17.9 Å². The topological polar surface area (TPSA) is 172 Å². The summed E-state index contributed by atoms with van der Waals surface area (Å²) in [6.07, 6.45) is -3.99. The number of phenols is 1. The van der Waals surface area contributed by atoms with E-state index in [1.54, 1.807) is 32.1 Å². The number of carbonyl (C=O) groups is 2. The Kier molecular flexibility index (Phi) is 9.37. The van der Waals surface area contributed by atoms with Crippen molar-refractivity contribution < 1.29 is 54.1 Å². The zero-order valence-electron chi connectivity index (χ0n) is 19.8. The fourth-order valence-electron chi connectivity index (χ4n) is 3.60. The molecule has 2 aliphatic heterocycles. The second-order valence-corrected chi connectivity index (χ2v) is 8.62. The van der Waals surface area contributed by atoms with Crippen LogP contribution in [-0.2, 0) is 28.5 Å². The van der Waals surface area contributed by atoms with Gasteiger partial charge >= 0.3 is 11.9 Å². The summed E-state index contributed by atoms with van der Waals surface area (Å²) in [6.45, 7) is 2.87. The first kappa shape index (κ1) is 27.5. The number of hydrogen-bond acceptors (Lipinski definition) is 11. The van der Waals surface area contributed by atoms with E-state index in [0.29, 0.717) is 5.56 Å². The molecule has 3 rings (SSSR count). The van der Waals surface area contributed by atoms with E-state index in [1.807, 2.05) is 0 Å². The lowest BCUT2D eigenvalue weighted by atomic mass is 9.99. The smallest absolute Gasteiger partial charge is 0.337 e. The number of benzene rings is 1. The van der Waals surface area contributed by atoms with Crippen LogP contribution in [0.1, 0.15) is 19.4 Å². The van der Waals surface area contributed by atoms with Crippen LogP contribution in [0.4, 0.5) is 0 Å². The van der Waals surface area contributed by atoms with Gasteiger partial charge in [-0.05, 0) is 49.8 Å². The van der Waals surface area contributed by atoms with Gasteiger partial charge in [0.25, 0.3) is 0 Å². The third kappa shape index (κ3) is 7.00. The fraction of sp³-hybridized carbons (Fsp3) is 0.440. The van der Waals surface area contributed by atoms with Crippen LogP contribution in [0.3, 0.4) is 0 Å². The van der Waals surface area contributed by atoms with E-state index >= 15 is 0 Å². The van der Waals surface area contributed by atoms with Crippen LogP contribution in [0.2, 0.25) is 0 Å². The third-order valence-corrected chi connectivity index (χ3v) is 5.53. The monoisotopic (exact) mass is 506 g/mol. The molecule has 2 saturated heterocycles. The molecule has 11 heteroatoms.